The molecule has 0 bridgehead atoms. The highest BCUT2D eigenvalue weighted by atomic mass is 16.1. The first-order chi connectivity index (χ1) is 13.6. The van der Waals surface area contributed by atoms with Crippen LogP contribution in [0.25, 0.3) is 17.2 Å². The van der Waals surface area contributed by atoms with Crippen molar-refractivity contribution >= 4 is 17.5 Å². The Kier molecular flexibility index (Phi) is 5.12. The lowest BCUT2D eigenvalue weighted by Crippen LogP contribution is -2.15. The molecular formula is C26H25NO. The van der Waals surface area contributed by atoms with Gasteiger partial charge in [0.1, 0.15) is 0 Å². The SMILES string of the molecule is Cc1ccc(C)c(C(=O)CNc2ccc(-c3cccc4c3C=CCC4)cc2)c1. The number of aryl methyl sites for hydroxylation is 3. The Hall–Kier alpha value is -3.13. The zero-order valence-electron chi connectivity index (χ0n) is 16.5. The van der Waals surface area contributed by atoms with Crippen molar-refractivity contribution in [2.75, 3.05) is 11.9 Å². The molecule has 3 aromatic carbocycles. The molecular weight excluding hydrogens is 342 g/mol. The highest BCUT2D eigenvalue weighted by Gasteiger charge is 2.11. The molecule has 1 aliphatic carbocycles. The molecule has 0 heterocycles. The van der Waals surface area contributed by atoms with E-state index in [1.165, 1.54) is 22.3 Å². The van der Waals surface area contributed by atoms with Gasteiger partial charge in [-0.3, -0.25) is 4.79 Å². The van der Waals surface area contributed by atoms with Crippen molar-refractivity contribution in [2.24, 2.45) is 0 Å². The summed E-state index contributed by atoms with van der Waals surface area (Å²) in [6.07, 6.45) is 6.72. The third-order valence-corrected chi connectivity index (χ3v) is 5.40. The first-order valence-electron chi connectivity index (χ1n) is 9.85. The van der Waals surface area contributed by atoms with Gasteiger partial charge >= 0.3 is 0 Å². The molecule has 140 valence electrons. The number of nitrogens with one attached hydrogen (secondary N) is 1. The van der Waals surface area contributed by atoms with Crippen LogP contribution in [0.1, 0.15) is 39.0 Å². The summed E-state index contributed by atoms with van der Waals surface area (Å²) in [5, 5.41) is 3.27. The van der Waals surface area contributed by atoms with E-state index < -0.39 is 0 Å². The molecule has 0 unspecified atom stereocenters. The van der Waals surface area contributed by atoms with Gasteiger partial charge in [-0.1, -0.05) is 60.2 Å². The van der Waals surface area contributed by atoms with Gasteiger partial charge in [0.25, 0.3) is 0 Å². The molecule has 0 atom stereocenters. The predicted octanol–water partition coefficient (Wildman–Crippen LogP) is 6.22. The van der Waals surface area contributed by atoms with Crippen LogP contribution in [0.4, 0.5) is 5.69 Å². The van der Waals surface area contributed by atoms with Gasteiger partial charge < -0.3 is 5.32 Å². The van der Waals surface area contributed by atoms with E-state index in [1.54, 1.807) is 0 Å². The van der Waals surface area contributed by atoms with Crippen molar-refractivity contribution in [2.45, 2.75) is 26.7 Å². The molecule has 1 N–H and O–H groups in total. The number of hydrogen-bond acceptors (Lipinski definition) is 2. The van der Waals surface area contributed by atoms with Crippen LogP contribution in [0.15, 0.2) is 66.7 Å². The molecule has 0 saturated heterocycles. The smallest absolute Gasteiger partial charge is 0.182 e. The van der Waals surface area contributed by atoms with Crippen LogP contribution in [0.2, 0.25) is 0 Å². The maximum Gasteiger partial charge on any atom is 0.182 e. The van der Waals surface area contributed by atoms with Crippen LogP contribution in [-0.4, -0.2) is 12.3 Å². The lowest BCUT2D eigenvalue weighted by Gasteiger charge is -2.15. The lowest BCUT2D eigenvalue weighted by atomic mass is 9.90. The van der Waals surface area contributed by atoms with Crippen LogP contribution in [-0.2, 0) is 6.42 Å². The van der Waals surface area contributed by atoms with Gasteiger partial charge in [0.15, 0.2) is 5.78 Å². The molecule has 3 aromatic rings. The van der Waals surface area contributed by atoms with E-state index in [4.69, 9.17) is 0 Å². The third kappa shape index (κ3) is 3.77. The molecule has 0 amide bonds. The molecule has 2 heteroatoms. The minimum absolute atomic E-state index is 0.118. The predicted molar refractivity (Wildman–Crippen MR) is 118 cm³/mol. The quantitative estimate of drug-likeness (QED) is 0.542. The number of rotatable bonds is 5. The summed E-state index contributed by atoms with van der Waals surface area (Å²) in [5.41, 5.74) is 9.12. The number of allylic oxidation sites excluding steroid dienone is 1. The van der Waals surface area contributed by atoms with Crippen LogP contribution >= 0.6 is 0 Å². The summed E-state index contributed by atoms with van der Waals surface area (Å²) in [7, 11) is 0. The fourth-order valence-electron chi connectivity index (χ4n) is 3.80. The maximum absolute atomic E-state index is 12.6. The molecule has 2 nitrogen and oxygen atoms in total. The Labute approximate surface area is 166 Å². The molecule has 1 aliphatic rings. The number of carbonyl (C=O) groups excluding carboxylic acids is 1. The third-order valence-electron chi connectivity index (χ3n) is 5.40. The van der Waals surface area contributed by atoms with Crippen molar-refractivity contribution in [3.05, 3.63) is 94.6 Å². The average molecular weight is 367 g/mol. The maximum atomic E-state index is 12.6. The molecule has 28 heavy (non-hydrogen) atoms. The number of hydrogen-bond donors (Lipinski definition) is 1. The first-order valence-corrected chi connectivity index (χ1v) is 9.85. The van der Waals surface area contributed by atoms with Crippen molar-refractivity contribution in [3.63, 3.8) is 0 Å². The summed E-state index contributed by atoms with van der Waals surface area (Å²) >= 11 is 0. The van der Waals surface area contributed by atoms with E-state index in [-0.39, 0.29) is 5.78 Å². The summed E-state index contributed by atoms with van der Waals surface area (Å²) < 4.78 is 0. The highest BCUT2D eigenvalue weighted by Crippen LogP contribution is 2.31. The van der Waals surface area contributed by atoms with E-state index in [0.717, 1.165) is 35.2 Å². The van der Waals surface area contributed by atoms with E-state index >= 15 is 0 Å². The largest absolute Gasteiger partial charge is 0.378 e. The Morgan fingerprint density at radius 3 is 2.64 bits per heavy atom. The monoisotopic (exact) mass is 367 g/mol. The van der Waals surface area contributed by atoms with Gasteiger partial charge in [-0.15, -0.1) is 0 Å². The molecule has 0 aliphatic heterocycles. The topological polar surface area (TPSA) is 29.1 Å². The van der Waals surface area contributed by atoms with E-state index in [9.17, 15) is 4.79 Å². The van der Waals surface area contributed by atoms with Gasteiger partial charge in [0, 0.05) is 11.3 Å². The fraction of sp³-hybridized carbons (Fsp3) is 0.192. The van der Waals surface area contributed by atoms with Crippen molar-refractivity contribution in [1.82, 2.24) is 0 Å². The van der Waals surface area contributed by atoms with Gasteiger partial charge in [0.2, 0.25) is 0 Å². The second-order valence-corrected chi connectivity index (χ2v) is 7.49. The Morgan fingerprint density at radius 1 is 1.00 bits per heavy atom. The zero-order chi connectivity index (χ0) is 19.5. The first kappa shape index (κ1) is 18.2. The molecule has 0 aromatic heterocycles. The van der Waals surface area contributed by atoms with Gasteiger partial charge in [-0.25, -0.2) is 0 Å². The molecule has 4 rings (SSSR count). The second kappa shape index (κ2) is 7.85. The van der Waals surface area contributed by atoms with Crippen molar-refractivity contribution < 1.29 is 4.79 Å². The van der Waals surface area contributed by atoms with Crippen LogP contribution in [0.3, 0.4) is 0 Å². The number of anilines is 1. The van der Waals surface area contributed by atoms with E-state index in [0.29, 0.717) is 6.54 Å². The van der Waals surface area contributed by atoms with Crippen LogP contribution in [0, 0.1) is 13.8 Å². The molecule has 0 spiro atoms. The van der Waals surface area contributed by atoms with Gasteiger partial charge in [-0.2, -0.15) is 0 Å². The standard InChI is InChI=1S/C26H25NO/c1-18-10-11-19(2)25(16-18)26(28)17-27-22-14-12-21(13-15-22)24-9-5-7-20-6-3-4-8-23(20)24/h4-5,7-16,27H,3,6,17H2,1-2H3. The van der Waals surface area contributed by atoms with Crippen LogP contribution in [0.5, 0.6) is 0 Å². The normalized spacial score (nSPS) is 12.5. The summed E-state index contributed by atoms with van der Waals surface area (Å²) in [5.74, 6) is 0.118. The minimum atomic E-state index is 0.118. The zero-order valence-corrected chi connectivity index (χ0v) is 16.5. The van der Waals surface area contributed by atoms with Crippen molar-refractivity contribution in [1.29, 1.82) is 0 Å². The molecule has 0 radical (unpaired) electrons. The van der Waals surface area contributed by atoms with Crippen LogP contribution < -0.4 is 5.32 Å². The minimum Gasteiger partial charge on any atom is -0.378 e. The summed E-state index contributed by atoms with van der Waals surface area (Å²) in [4.78, 5) is 12.6. The number of benzene rings is 3. The Balaban J connectivity index is 1.48. The van der Waals surface area contributed by atoms with Gasteiger partial charge in [0.05, 0.1) is 6.54 Å². The Bertz CT molecular complexity index is 1040. The van der Waals surface area contributed by atoms with E-state index in [1.807, 2.05) is 32.0 Å². The molecule has 0 fully saturated rings. The number of Topliss-reactive ketones (excluding diaryl/α,β-unsaturated/α-hetero) is 1. The number of fused-ring (bicyclic) bond motifs is 1. The van der Waals surface area contributed by atoms with Crippen molar-refractivity contribution in [3.8, 4) is 11.1 Å². The molecule has 0 saturated carbocycles. The second-order valence-electron chi connectivity index (χ2n) is 7.49. The number of carbonyl (C=O) groups is 1. The lowest BCUT2D eigenvalue weighted by molar-refractivity contribution is 0.101. The number of ketones is 1. The highest BCUT2D eigenvalue weighted by molar-refractivity contribution is 6.00. The summed E-state index contributed by atoms with van der Waals surface area (Å²) in [6, 6.07) is 20.9. The van der Waals surface area contributed by atoms with E-state index in [2.05, 4.69) is 59.9 Å². The fourth-order valence-corrected chi connectivity index (χ4v) is 3.80. The average Bonchev–Trinajstić information content (AvgIpc) is 2.74. The van der Waals surface area contributed by atoms with Gasteiger partial charge in [-0.05, 0) is 72.7 Å². The summed E-state index contributed by atoms with van der Waals surface area (Å²) in [6.45, 7) is 4.30. The Morgan fingerprint density at radius 2 is 1.82 bits per heavy atom.